The van der Waals surface area contributed by atoms with Crippen LogP contribution in [0, 0.1) is 0 Å². The van der Waals surface area contributed by atoms with Gasteiger partial charge in [0.05, 0.1) is 30.1 Å². The fourth-order valence-corrected chi connectivity index (χ4v) is 5.83. The van der Waals surface area contributed by atoms with Crippen LogP contribution in [-0.4, -0.2) is 98.0 Å². The number of nitrogens with zero attached hydrogens (tertiary/aromatic N) is 3. The molecule has 2 aliphatic heterocycles. The number of carbonyl (C=O) groups is 4. The number of benzene rings is 1. The number of carbonyl (C=O) groups excluding carboxylic acids is 5. The topological polar surface area (TPSA) is 194 Å². The zero-order valence-electron chi connectivity index (χ0n) is 24.8. The molecule has 2 fully saturated rings. The summed E-state index contributed by atoms with van der Waals surface area (Å²) in [5.41, 5.74) is 1.98. The van der Waals surface area contributed by atoms with E-state index in [0.717, 1.165) is 18.5 Å². The molecule has 4 amide bonds. The van der Waals surface area contributed by atoms with Gasteiger partial charge in [0, 0.05) is 38.2 Å². The van der Waals surface area contributed by atoms with Gasteiger partial charge in [-0.2, -0.15) is 0 Å². The lowest BCUT2D eigenvalue weighted by molar-refractivity contribution is -0.142. The predicted octanol–water partition coefficient (Wildman–Crippen LogP) is -0.532. The minimum absolute atomic E-state index is 0.134. The lowest BCUT2D eigenvalue weighted by Crippen LogP contribution is -2.58. The first-order valence-corrected chi connectivity index (χ1v) is 15.2. The van der Waals surface area contributed by atoms with Crippen molar-refractivity contribution < 1.29 is 24.0 Å². The van der Waals surface area contributed by atoms with Gasteiger partial charge in [0.1, 0.15) is 24.2 Å². The van der Waals surface area contributed by atoms with E-state index in [2.05, 4.69) is 41.2 Å². The van der Waals surface area contributed by atoms with Crippen LogP contribution in [0.5, 0.6) is 0 Å². The summed E-state index contributed by atoms with van der Waals surface area (Å²) in [5, 5.41) is 11.5. The van der Waals surface area contributed by atoms with Gasteiger partial charge in [0.15, 0.2) is 0 Å². The highest BCUT2D eigenvalue weighted by Crippen LogP contribution is 2.20. The Labute approximate surface area is 260 Å². The first-order chi connectivity index (χ1) is 21.9. The zero-order chi connectivity index (χ0) is 31.6. The molecular weight excluding hydrogens is 578 g/mol. The number of aromatic amines is 2. The minimum Gasteiger partial charge on any atom is -0.351 e. The molecule has 1 radical (unpaired) electrons. The van der Waals surface area contributed by atoms with Crippen LogP contribution in [-0.2, 0) is 43.2 Å². The molecule has 2 saturated heterocycles. The van der Waals surface area contributed by atoms with Crippen molar-refractivity contribution in [1.82, 2.24) is 46.1 Å². The van der Waals surface area contributed by atoms with Gasteiger partial charge in [-0.1, -0.05) is 30.3 Å². The summed E-state index contributed by atoms with van der Waals surface area (Å²) in [7, 11) is 0. The number of nitrogens with one attached hydrogen (secondary N) is 6. The summed E-state index contributed by atoms with van der Waals surface area (Å²) < 4.78 is 0. The maximum absolute atomic E-state index is 13.9. The SMILES string of the molecule is O=[C]C(Cc1c[nH]cn1)NC(=O)C(Cc1ccccc1)NC(=O)C1CCCN1C(=O)C(Cc1c[nH]cn1)NC(=O)C1CCCN1. The Bertz CT molecular complexity index is 1420. The maximum Gasteiger partial charge on any atom is 0.246 e. The smallest absolute Gasteiger partial charge is 0.246 e. The van der Waals surface area contributed by atoms with E-state index >= 15 is 0 Å². The highest BCUT2D eigenvalue weighted by atomic mass is 16.2. The van der Waals surface area contributed by atoms with Crippen LogP contribution in [0.1, 0.15) is 42.6 Å². The quantitative estimate of drug-likeness (QED) is 0.139. The maximum atomic E-state index is 13.9. The molecule has 2 aliphatic rings. The first-order valence-electron chi connectivity index (χ1n) is 15.2. The number of likely N-dealkylation sites (tertiary alicyclic amines) is 1. The minimum atomic E-state index is -1.03. The van der Waals surface area contributed by atoms with E-state index in [9.17, 15) is 24.0 Å². The second kappa shape index (κ2) is 15.2. The van der Waals surface area contributed by atoms with Gasteiger partial charge in [-0.05, 0) is 37.8 Å². The average molecular weight is 617 g/mol. The van der Waals surface area contributed by atoms with Crippen LogP contribution in [0.4, 0.5) is 0 Å². The van der Waals surface area contributed by atoms with Crippen molar-refractivity contribution in [3.05, 3.63) is 72.3 Å². The molecule has 5 rings (SSSR count). The molecule has 4 heterocycles. The van der Waals surface area contributed by atoms with Gasteiger partial charge in [0.2, 0.25) is 29.9 Å². The van der Waals surface area contributed by atoms with E-state index in [-0.39, 0.29) is 37.1 Å². The number of amides is 4. The lowest BCUT2D eigenvalue weighted by Gasteiger charge is -2.30. The molecule has 3 aromatic rings. The summed E-state index contributed by atoms with van der Waals surface area (Å²) in [4.78, 5) is 81.3. The lowest BCUT2D eigenvalue weighted by atomic mass is 10.0. The van der Waals surface area contributed by atoms with E-state index < -0.39 is 36.0 Å². The molecule has 0 saturated carbocycles. The molecule has 0 bridgehead atoms. The third-order valence-corrected chi connectivity index (χ3v) is 8.14. The molecule has 2 aromatic heterocycles. The monoisotopic (exact) mass is 616 g/mol. The second-order valence-corrected chi connectivity index (χ2v) is 11.4. The molecular formula is C31H38N9O5. The molecule has 237 valence electrons. The van der Waals surface area contributed by atoms with Crippen LogP contribution < -0.4 is 21.3 Å². The Balaban J connectivity index is 1.29. The van der Waals surface area contributed by atoms with Gasteiger partial charge in [-0.25, -0.2) is 9.97 Å². The molecule has 1 aromatic carbocycles. The van der Waals surface area contributed by atoms with Crippen LogP contribution in [0.25, 0.3) is 0 Å². The van der Waals surface area contributed by atoms with E-state index in [0.29, 0.717) is 37.2 Å². The number of rotatable bonds is 14. The predicted molar refractivity (Wildman–Crippen MR) is 162 cm³/mol. The fourth-order valence-electron chi connectivity index (χ4n) is 5.83. The largest absolute Gasteiger partial charge is 0.351 e. The summed E-state index contributed by atoms with van der Waals surface area (Å²) in [6.07, 6.45) is 11.1. The average Bonchev–Trinajstić information content (AvgIpc) is 3.88. The van der Waals surface area contributed by atoms with Crippen molar-refractivity contribution in [2.45, 2.75) is 75.2 Å². The van der Waals surface area contributed by atoms with E-state index in [4.69, 9.17) is 0 Å². The molecule has 5 unspecified atom stereocenters. The third-order valence-electron chi connectivity index (χ3n) is 8.14. The van der Waals surface area contributed by atoms with Crippen molar-refractivity contribution in [1.29, 1.82) is 0 Å². The zero-order valence-corrected chi connectivity index (χ0v) is 24.8. The normalized spacial score (nSPS) is 19.8. The molecule has 0 aliphatic carbocycles. The Morgan fingerprint density at radius 3 is 2.22 bits per heavy atom. The molecule has 6 N–H and O–H groups in total. The third kappa shape index (κ3) is 8.41. The van der Waals surface area contributed by atoms with Crippen LogP contribution >= 0.6 is 0 Å². The molecule has 0 spiro atoms. The van der Waals surface area contributed by atoms with Gasteiger partial charge in [-0.15, -0.1) is 0 Å². The van der Waals surface area contributed by atoms with Gasteiger partial charge in [0.25, 0.3) is 0 Å². The Kier molecular flexibility index (Phi) is 10.7. The van der Waals surface area contributed by atoms with Crippen molar-refractivity contribution >= 4 is 29.9 Å². The van der Waals surface area contributed by atoms with E-state index in [1.54, 1.807) is 12.4 Å². The number of imidazole rings is 2. The van der Waals surface area contributed by atoms with Crippen molar-refractivity contribution in [2.75, 3.05) is 13.1 Å². The van der Waals surface area contributed by atoms with Crippen molar-refractivity contribution in [2.24, 2.45) is 0 Å². The summed E-state index contributed by atoms with van der Waals surface area (Å²) in [5.74, 6) is -1.70. The van der Waals surface area contributed by atoms with Gasteiger partial charge < -0.3 is 36.1 Å². The number of hydrogen-bond acceptors (Lipinski definition) is 8. The van der Waals surface area contributed by atoms with Crippen molar-refractivity contribution in [3.8, 4) is 0 Å². The molecule has 14 heteroatoms. The van der Waals surface area contributed by atoms with E-state index in [1.807, 2.05) is 36.6 Å². The first kappa shape index (κ1) is 31.6. The Morgan fingerprint density at radius 2 is 1.58 bits per heavy atom. The summed E-state index contributed by atoms with van der Waals surface area (Å²) in [6, 6.07) is 5.04. The highest BCUT2D eigenvalue weighted by Gasteiger charge is 2.40. The van der Waals surface area contributed by atoms with E-state index in [1.165, 1.54) is 17.6 Å². The van der Waals surface area contributed by atoms with Crippen LogP contribution in [0.3, 0.4) is 0 Å². The summed E-state index contributed by atoms with van der Waals surface area (Å²) >= 11 is 0. The van der Waals surface area contributed by atoms with Crippen LogP contribution in [0.15, 0.2) is 55.4 Å². The molecule has 45 heavy (non-hydrogen) atoms. The standard InChI is InChI=1S/C31H38N9O5/c41-17-23(13-21-15-32-18-35-21)37-29(43)25(12-20-6-2-1-3-7-20)38-30(44)27-9-5-11-40(27)31(45)26(14-22-16-33-19-36-22)39-28(42)24-8-4-10-34-24/h1-3,6-7,15-16,18-19,23-27,34H,4-5,8-14H2,(H,32,35)(H,33,36)(H,37,43)(H,38,44)(H,39,42). The van der Waals surface area contributed by atoms with Gasteiger partial charge in [-0.3, -0.25) is 24.0 Å². The second-order valence-electron chi connectivity index (χ2n) is 11.4. The molecule has 5 atom stereocenters. The Hall–Kier alpha value is -4.85. The number of aromatic nitrogens is 4. The number of hydrogen-bond donors (Lipinski definition) is 6. The number of H-pyrrole nitrogens is 2. The highest BCUT2D eigenvalue weighted by molar-refractivity contribution is 5.95. The van der Waals surface area contributed by atoms with Crippen LogP contribution in [0.2, 0.25) is 0 Å². The molecule has 14 nitrogen and oxygen atoms in total. The van der Waals surface area contributed by atoms with Gasteiger partial charge >= 0.3 is 0 Å². The Morgan fingerprint density at radius 1 is 0.867 bits per heavy atom. The summed E-state index contributed by atoms with van der Waals surface area (Å²) in [6.45, 7) is 1.06. The van der Waals surface area contributed by atoms with Crippen molar-refractivity contribution in [3.63, 3.8) is 0 Å². The fraction of sp³-hybridized carbons (Fsp3) is 0.452.